The molecule has 0 aliphatic rings. The van der Waals surface area contributed by atoms with Crippen LogP contribution < -0.4 is 0 Å². The highest BCUT2D eigenvalue weighted by Crippen LogP contribution is 2.10. The van der Waals surface area contributed by atoms with Crippen molar-refractivity contribution in [1.29, 1.82) is 0 Å². The summed E-state index contributed by atoms with van der Waals surface area (Å²) in [6.45, 7) is 3.06. The van der Waals surface area contributed by atoms with Gasteiger partial charge in [-0.2, -0.15) is 0 Å². The Labute approximate surface area is 72.0 Å². The molecule has 0 unspecified atom stereocenters. The number of aliphatic carboxylic acids is 1. The second kappa shape index (κ2) is 4.24. The first-order chi connectivity index (χ1) is 4.95. The Morgan fingerprint density at radius 2 is 2.00 bits per heavy atom. The summed E-state index contributed by atoms with van der Waals surface area (Å²) in [4.78, 5) is 10.3. The predicted octanol–water partition coefficient (Wildman–Crippen LogP) is 1.66. The van der Waals surface area contributed by atoms with Gasteiger partial charge in [-0.25, -0.2) is 4.79 Å². The largest absolute Gasteiger partial charge is 0.478 e. The van der Waals surface area contributed by atoms with E-state index in [1.807, 2.05) is 0 Å². The monoisotopic (exact) mass is 170 g/mol. The predicted molar refractivity (Wildman–Crippen MR) is 45.7 cm³/mol. The fourth-order valence-corrected chi connectivity index (χ4v) is 0.529. The Bertz CT molecular complexity index is 227. The quantitative estimate of drug-likeness (QED) is 0.389. The second-order valence-electron chi connectivity index (χ2n) is 2.16. The molecule has 0 saturated heterocycles. The number of rotatable bonds is 2. The van der Waals surface area contributed by atoms with E-state index in [1.165, 1.54) is 13.0 Å². The molecule has 0 saturated carbocycles. The third kappa shape index (κ3) is 3.89. The van der Waals surface area contributed by atoms with Crippen LogP contribution in [0.5, 0.6) is 0 Å². The van der Waals surface area contributed by atoms with Gasteiger partial charge in [0, 0.05) is 10.6 Å². The van der Waals surface area contributed by atoms with Crippen LogP contribution in [-0.4, -0.2) is 18.9 Å². The molecule has 0 heterocycles. The number of hydrogen-bond acceptors (Lipinski definition) is 1. The van der Waals surface area contributed by atoms with Crippen molar-refractivity contribution in [2.45, 2.75) is 13.8 Å². The lowest BCUT2D eigenvalue weighted by Gasteiger charge is -1.95. The Morgan fingerprint density at radius 1 is 1.55 bits per heavy atom. The van der Waals surface area contributed by atoms with Gasteiger partial charge in [0.2, 0.25) is 0 Å². The van der Waals surface area contributed by atoms with Gasteiger partial charge in [0.05, 0.1) is 0 Å². The summed E-state index contributed by atoms with van der Waals surface area (Å²) in [7, 11) is 5.29. The topological polar surface area (TPSA) is 37.3 Å². The lowest BCUT2D eigenvalue weighted by atomic mass is 9.97. The van der Waals surface area contributed by atoms with Gasteiger partial charge in [0.1, 0.15) is 7.85 Å². The number of carboxylic acid groups (broad SMARTS) is 1. The van der Waals surface area contributed by atoms with Crippen molar-refractivity contribution in [3.8, 4) is 0 Å². The second-order valence-corrected chi connectivity index (χ2v) is 2.57. The van der Waals surface area contributed by atoms with E-state index in [4.69, 9.17) is 24.6 Å². The molecule has 1 N–H and O–H groups in total. The summed E-state index contributed by atoms with van der Waals surface area (Å²) in [6, 6.07) is 0. The van der Waals surface area contributed by atoms with E-state index >= 15 is 0 Å². The third-order valence-corrected chi connectivity index (χ3v) is 1.46. The summed E-state index contributed by atoms with van der Waals surface area (Å²) < 4.78 is 0. The molecule has 0 aromatic heterocycles. The van der Waals surface area contributed by atoms with Crippen LogP contribution in [0.2, 0.25) is 0 Å². The molecule has 0 rings (SSSR count). The highest BCUT2D eigenvalue weighted by molar-refractivity contribution is 6.37. The average molecular weight is 170 g/mol. The Balaban J connectivity index is 4.58. The number of hydrogen-bond donors (Lipinski definition) is 1. The van der Waals surface area contributed by atoms with Crippen LogP contribution in [0.25, 0.3) is 0 Å². The minimum absolute atomic E-state index is 0.166. The first-order valence-corrected chi connectivity index (χ1v) is 3.36. The van der Waals surface area contributed by atoms with Crippen LogP contribution in [0, 0.1) is 0 Å². The van der Waals surface area contributed by atoms with Gasteiger partial charge in [-0.05, 0) is 13.0 Å². The van der Waals surface area contributed by atoms with Crippen molar-refractivity contribution in [1.82, 2.24) is 0 Å². The van der Waals surface area contributed by atoms with E-state index < -0.39 is 5.97 Å². The molecule has 11 heavy (non-hydrogen) atoms. The number of allylic oxidation sites excluding steroid dienone is 3. The zero-order valence-corrected chi connectivity index (χ0v) is 7.14. The van der Waals surface area contributed by atoms with Crippen molar-refractivity contribution >= 4 is 25.4 Å². The molecule has 0 amide bonds. The van der Waals surface area contributed by atoms with Crippen LogP contribution in [0.1, 0.15) is 13.8 Å². The molecule has 0 spiro atoms. The minimum Gasteiger partial charge on any atom is -0.478 e. The van der Waals surface area contributed by atoms with Crippen molar-refractivity contribution in [3.05, 3.63) is 22.2 Å². The Hall–Kier alpha value is -0.695. The molecule has 0 atom stereocenters. The highest BCUT2D eigenvalue weighted by Gasteiger charge is 1.99. The fraction of sp³-hybridized carbons (Fsp3) is 0.286. The molecular weight excluding hydrogens is 162 g/mol. The Morgan fingerprint density at radius 3 is 2.27 bits per heavy atom. The molecule has 0 aromatic rings. The van der Waals surface area contributed by atoms with Gasteiger partial charge < -0.3 is 5.11 Å². The fourth-order valence-electron chi connectivity index (χ4n) is 0.366. The summed E-state index contributed by atoms with van der Waals surface area (Å²) in [6.07, 6.45) is 1.32. The zero-order valence-electron chi connectivity index (χ0n) is 6.39. The van der Waals surface area contributed by atoms with Gasteiger partial charge in [-0.15, -0.1) is 5.47 Å². The van der Waals surface area contributed by atoms with Gasteiger partial charge in [-0.3, -0.25) is 0 Å². The lowest BCUT2D eigenvalue weighted by molar-refractivity contribution is -0.132. The summed E-state index contributed by atoms with van der Waals surface area (Å²) >= 11 is 5.57. The molecule has 2 radical (unpaired) electrons. The maximum absolute atomic E-state index is 10.3. The molecule has 58 valence electrons. The van der Waals surface area contributed by atoms with Gasteiger partial charge >= 0.3 is 5.97 Å². The summed E-state index contributed by atoms with van der Waals surface area (Å²) in [5.41, 5.74) is 0.576. The van der Waals surface area contributed by atoms with Gasteiger partial charge in [0.25, 0.3) is 0 Å². The normalized spacial score (nSPS) is 14.3. The first kappa shape index (κ1) is 10.3. The van der Waals surface area contributed by atoms with Crippen molar-refractivity contribution in [2.24, 2.45) is 0 Å². The van der Waals surface area contributed by atoms with Gasteiger partial charge in [0.15, 0.2) is 0 Å². The number of halogens is 1. The maximum atomic E-state index is 10.3. The Kier molecular flexibility index (Phi) is 3.97. The van der Waals surface area contributed by atoms with E-state index in [-0.39, 0.29) is 10.6 Å². The van der Waals surface area contributed by atoms with Gasteiger partial charge in [-0.1, -0.05) is 18.5 Å². The van der Waals surface area contributed by atoms with Crippen LogP contribution >= 0.6 is 11.6 Å². The zero-order chi connectivity index (χ0) is 9.02. The smallest absolute Gasteiger partial charge is 0.331 e. The summed E-state index contributed by atoms with van der Waals surface area (Å²) in [5, 5.41) is 8.69. The molecule has 4 heteroatoms. The van der Waals surface area contributed by atoms with Crippen LogP contribution in [-0.2, 0) is 4.79 Å². The van der Waals surface area contributed by atoms with Crippen molar-refractivity contribution in [3.63, 3.8) is 0 Å². The van der Waals surface area contributed by atoms with Crippen LogP contribution in [0.4, 0.5) is 0 Å². The maximum Gasteiger partial charge on any atom is 0.331 e. The molecule has 0 bridgehead atoms. The third-order valence-electron chi connectivity index (χ3n) is 1.06. The van der Waals surface area contributed by atoms with E-state index in [0.29, 0.717) is 5.47 Å². The van der Waals surface area contributed by atoms with Crippen molar-refractivity contribution in [2.75, 3.05) is 0 Å². The SMILES string of the molecule is [B]/C(C)=C(Cl)/C=C(\C)C(=O)O. The van der Waals surface area contributed by atoms with E-state index in [0.717, 1.165) is 0 Å². The number of carboxylic acids is 1. The molecule has 0 fully saturated rings. The standard InChI is InChI=1S/C7H8BClO2/c1-4(7(10)11)3-6(9)5(2)8/h3H,1-2H3,(H,10,11)/b4-3+,6-5-. The highest BCUT2D eigenvalue weighted by atomic mass is 35.5. The molecule has 2 nitrogen and oxygen atoms in total. The minimum atomic E-state index is -0.996. The van der Waals surface area contributed by atoms with E-state index in [9.17, 15) is 4.79 Å². The van der Waals surface area contributed by atoms with E-state index in [2.05, 4.69) is 0 Å². The molecule has 0 aliphatic heterocycles. The van der Waals surface area contributed by atoms with Crippen molar-refractivity contribution < 1.29 is 9.90 Å². The first-order valence-electron chi connectivity index (χ1n) is 2.98. The molecular formula is C7H8BClO2. The average Bonchev–Trinajstić information content (AvgIpc) is 1.87. The van der Waals surface area contributed by atoms with E-state index in [1.54, 1.807) is 6.92 Å². The summed E-state index contributed by atoms with van der Waals surface area (Å²) in [5.74, 6) is -0.996. The molecule has 0 aromatic carbocycles. The van der Waals surface area contributed by atoms with Crippen LogP contribution in [0.3, 0.4) is 0 Å². The molecule has 0 aliphatic carbocycles. The van der Waals surface area contributed by atoms with Crippen LogP contribution in [0.15, 0.2) is 22.2 Å². The number of carbonyl (C=O) groups is 1. The lowest BCUT2D eigenvalue weighted by Crippen LogP contribution is -1.95.